The fourth-order valence-electron chi connectivity index (χ4n) is 6.36. The molecule has 0 aliphatic carbocycles. The molecule has 0 aromatic heterocycles. The van der Waals surface area contributed by atoms with Crippen LogP contribution in [0.1, 0.15) is 91.0 Å². The van der Waals surface area contributed by atoms with Gasteiger partial charge in [-0.3, -0.25) is 10.1 Å². The number of likely N-dealkylation sites (tertiary alicyclic amines) is 2. The highest BCUT2D eigenvalue weighted by atomic mass is 16.5. The summed E-state index contributed by atoms with van der Waals surface area (Å²) in [7, 11) is 0. The number of nitrogens with one attached hydrogen (secondary N) is 2. The molecule has 4 rings (SSSR count). The molecule has 2 heterocycles. The molecule has 2 aliphatic rings. The van der Waals surface area contributed by atoms with Crippen LogP contribution in [-0.4, -0.2) is 66.2 Å². The fraction of sp³-hybridized carbons (Fsp3) is 0.595. The number of carbonyl (C=O) groups is 3. The molecule has 0 bridgehead atoms. The van der Waals surface area contributed by atoms with Crippen molar-refractivity contribution < 1.29 is 19.1 Å². The Labute approximate surface area is 276 Å². The SMILES string of the molecule is CC(C)CCN(c1ccc(NC(=O)OCc2ccccc2)cc1)[C@@H]1CCCCN1C(=O)C(CC(C)C)NC(=O)N1CCCCCC1. The summed E-state index contributed by atoms with van der Waals surface area (Å²) in [6.07, 6.45) is 8.14. The van der Waals surface area contributed by atoms with Gasteiger partial charge in [0.05, 0.1) is 0 Å². The van der Waals surface area contributed by atoms with Crippen LogP contribution >= 0.6 is 0 Å². The second-order valence-electron chi connectivity index (χ2n) is 13.7. The molecule has 2 atom stereocenters. The predicted molar refractivity (Wildman–Crippen MR) is 185 cm³/mol. The number of rotatable bonds is 12. The van der Waals surface area contributed by atoms with Crippen molar-refractivity contribution in [2.45, 2.75) is 104 Å². The summed E-state index contributed by atoms with van der Waals surface area (Å²) in [4.78, 5) is 46.4. The van der Waals surface area contributed by atoms with Gasteiger partial charge in [-0.15, -0.1) is 0 Å². The van der Waals surface area contributed by atoms with E-state index < -0.39 is 12.1 Å². The van der Waals surface area contributed by atoms with E-state index in [0.717, 1.165) is 82.3 Å². The van der Waals surface area contributed by atoms with Crippen molar-refractivity contribution in [3.8, 4) is 0 Å². The quantitative estimate of drug-likeness (QED) is 0.251. The van der Waals surface area contributed by atoms with Crippen LogP contribution in [0.25, 0.3) is 0 Å². The van der Waals surface area contributed by atoms with Gasteiger partial charge in [0.1, 0.15) is 18.8 Å². The zero-order chi connectivity index (χ0) is 32.9. The Morgan fingerprint density at radius 1 is 0.848 bits per heavy atom. The Balaban J connectivity index is 1.48. The number of carbonyl (C=O) groups excluding carboxylic acids is 3. The smallest absolute Gasteiger partial charge is 0.411 e. The summed E-state index contributed by atoms with van der Waals surface area (Å²) < 4.78 is 5.39. The number of piperidine rings is 1. The highest BCUT2D eigenvalue weighted by molar-refractivity contribution is 5.88. The van der Waals surface area contributed by atoms with Crippen molar-refractivity contribution >= 4 is 29.4 Å². The average Bonchev–Trinajstić information content (AvgIpc) is 3.34. The molecule has 4 amide bonds. The number of urea groups is 1. The first-order chi connectivity index (χ1) is 22.2. The van der Waals surface area contributed by atoms with Gasteiger partial charge in [-0.1, -0.05) is 70.9 Å². The van der Waals surface area contributed by atoms with Crippen LogP contribution in [0.5, 0.6) is 0 Å². The van der Waals surface area contributed by atoms with E-state index in [1.165, 1.54) is 0 Å². The molecule has 0 radical (unpaired) electrons. The van der Waals surface area contributed by atoms with Gasteiger partial charge < -0.3 is 24.8 Å². The minimum Gasteiger partial charge on any atom is -0.444 e. The third-order valence-corrected chi connectivity index (χ3v) is 8.92. The Hall–Kier alpha value is -3.75. The van der Waals surface area contributed by atoms with Crippen LogP contribution in [0.3, 0.4) is 0 Å². The number of hydrogen-bond acceptors (Lipinski definition) is 5. The lowest BCUT2D eigenvalue weighted by atomic mass is 9.99. The molecule has 9 nitrogen and oxygen atoms in total. The summed E-state index contributed by atoms with van der Waals surface area (Å²) in [5, 5.41) is 5.99. The molecule has 2 N–H and O–H groups in total. The number of benzene rings is 2. The lowest BCUT2D eigenvalue weighted by Crippen LogP contribution is -2.60. The molecule has 2 saturated heterocycles. The van der Waals surface area contributed by atoms with E-state index in [1.54, 1.807) is 0 Å². The highest BCUT2D eigenvalue weighted by Gasteiger charge is 2.36. The van der Waals surface area contributed by atoms with Crippen molar-refractivity contribution in [1.29, 1.82) is 0 Å². The summed E-state index contributed by atoms with van der Waals surface area (Å²) in [5.74, 6) is 0.769. The van der Waals surface area contributed by atoms with Crippen LogP contribution in [0.2, 0.25) is 0 Å². The minimum absolute atomic E-state index is 0.00978. The van der Waals surface area contributed by atoms with E-state index in [2.05, 4.69) is 43.2 Å². The molecule has 1 unspecified atom stereocenters. The second kappa shape index (κ2) is 17.8. The van der Waals surface area contributed by atoms with Crippen LogP contribution < -0.4 is 15.5 Å². The third kappa shape index (κ3) is 10.7. The normalized spacial score (nSPS) is 17.7. The molecule has 2 aromatic rings. The fourth-order valence-corrected chi connectivity index (χ4v) is 6.36. The van der Waals surface area contributed by atoms with E-state index in [1.807, 2.05) is 64.4 Å². The van der Waals surface area contributed by atoms with Crippen LogP contribution in [0.15, 0.2) is 54.6 Å². The highest BCUT2D eigenvalue weighted by Crippen LogP contribution is 2.29. The maximum Gasteiger partial charge on any atom is 0.411 e. The maximum absolute atomic E-state index is 14.3. The topological polar surface area (TPSA) is 94.2 Å². The Kier molecular flexibility index (Phi) is 13.6. The van der Waals surface area contributed by atoms with E-state index >= 15 is 0 Å². The molecular formula is C37H55N5O4. The van der Waals surface area contributed by atoms with E-state index in [-0.39, 0.29) is 30.6 Å². The number of nitrogens with zero attached hydrogens (tertiary/aromatic N) is 3. The summed E-state index contributed by atoms with van der Waals surface area (Å²) >= 11 is 0. The number of ether oxygens (including phenoxy) is 1. The molecule has 0 saturated carbocycles. The van der Waals surface area contributed by atoms with Crippen LogP contribution in [0.4, 0.5) is 21.0 Å². The minimum atomic E-state index is -0.559. The van der Waals surface area contributed by atoms with E-state index in [9.17, 15) is 14.4 Å². The Morgan fingerprint density at radius 2 is 1.52 bits per heavy atom. The van der Waals surface area contributed by atoms with Crippen LogP contribution in [-0.2, 0) is 16.1 Å². The molecule has 46 heavy (non-hydrogen) atoms. The largest absolute Gasteiger partial charge is 0.444 e. The van der Waals surface area contributed by atoms with Gasteiger partial charge >= 0.3 is 12.1 Å². The van der Waals surface area contributed by atoms with Gasteiger partial charge in [-0.05, 0) is 86.6 Å². The standard InChI is InChI=1S/C37H55N5O4/c1-28(2)21-25-41(32-19-17-31(18-20-32)38-37(45)46-27-30-14-8-7-9-15-30)34-16-10-13-24-42(34)35(43)33(26-29(3)4)39-36(44)40-22-11-5-6-12-23-40/h7-9,14-15,17-20,28-29,33-34H,5-6,10-13,16,21-27H2,1-4H3,(H,38,45)(H,39,44)/t33?,34-/m0/s1. The molecule has 2 aliphatic heterocycles. The summed E-state index contributed by atoms with van der Waals surface area (Å²) in [6, 6.07) is 16.7. The van der Waals surface area contributed by atoms with Crippen molar-refractivity contribution in [2.24, 2.45) is 11.8 Å². The van der Waals surface area contributed by atoms with Gasteiger partial charge in [0.15, 0.2) is 0 Å². The maximum atomic E-state index is 14.3. The van der Waals surface area contributed by atoms with Crippen LogP contribution in [0, 0.1) is 11.8 Å². The Morgan fingerprint density at radius 3 is 2.17 bits per heavy atom. The van der Waals surface area contributed by atoms with Crippen molar-refractivity contribution in [3.05, 3.63) is 60.2 Å². The first-order valence-electron chi connectivity index (χ1n) is 17.4. The summed E-state index contributed by atoms with van der Waals surface area (Å²) in [5.41, 5.74) is 2.58. The number of anilines is 2. The molecule has 0 spiro atoms. The lowest BCUT2D eigenvalue weighted by molar-refractivity contribution is -0.137. The molecule has 2 fully saturated rings. The molecular weight excluding hydrogens is 578 g/mol. The third-order valence-electron chi connectivity index (χ3n) is 8.92. The van der Waals surface area contributed by atoms with Gasteiger partial charge in [-0.2, -0.15) is 0 Å². The molecule has 252 valence electrons. The van der Waals surface area contributed by atoms with E-state index in [4.69, 9.17) is 4.74 Å². The number of amides is 4. The van der Waals surface area contributed by atoms with Gasteiger partial charge in [-0.25, -0.2) is 9.59 Å². The monoisotopic (exact) mass is 633 g/mol. The first kappa shape index (κ1) is 35.1. The second-order valence-corrected chi connectivity index (χ2v) is 13.7. The van der Waals surface area contributed by atoms with Gasteiger partial charge in [0.2, 0.25) is 5.91 Å². The summed E-state index contributed by atoms with van der Waals surface area (Å²) in [6.45, 7) is 11.8. The predicted octanol–water partition coefficient (Wildman–Crippen LogP) is 7.63. The zero-order valence-electron chi connectivity index (χ0n) is 28.4. The van der Waals surface area contributed by atoms with Crippen molar-refractivity contribution in [2.75, 3.05) is 36.4 Å². The number of hydrogen-bond donors (Lipinski definition) is 2. The van der Waals surface area contributed by atoms with Gasteiger partial charge in [0.25, 0.3) is 0 Å². The zero-order valence-corrected chi connectivity index (χ0v) is 28.4. The average molecular weight is 634 g/mol. The first-order valence-corrected chi connectivity index (χ1v) is 17.4. The van der Waals surface area contributed by atoms with Crippen molar-refractivity contribution in [3.63, 3.8) is 0 Å². The van der Waals surface area contributed by atoms with E-state index in [0.29, 0.717) is 24.6 Å². The lowest BCUT2D eigenvalue weighted by Gasteiger charge is -2.45. The van der Waals surface area contributed by atoms with Gasteiger partial charge in [0, 0.05) is 37.6 Å². The van der Waals surface area contributed by atoms with Crippen molar-refractivity contribution in [1.82, 2.24) is 15.1 Å². The Bertz CT molecular complexity index is 1230. The molecule has 2 aromatic carbocycles. The molecule has 9 heteroatoms.